The summed E-state index contributed by atoms with van der Waals surface area (Å²) in [6, 6.07) is 0. The molecular weight excluding hydrogens is 226 g/mol. The van der Waals surface area contributed by atoms with E-state index in [4.69, 9.17) is 18.2 Å². The van der Waals surface area contributed by atoms with Crippen LogP contribution < -0.4 is 29.6 Å². The molecule has 56 valence electrons. The average molecular weight is 230 g/mol. The number of hydrogen-bond acceptors (Lipinski definition) is 4. The van der Waals surface area contributed by atoms with Crippen molar-refractivity contribution >= 4 is 22.8 Å². The van der Waals surface area contributed by atoms with E-state index < -0.39 is 10.4 Å². The van der Waals surface area contributed by atoms with Gasteiger partial charge >= 0.3 is 40.0 Å². The van der Waals surface area contributed by atoms with Gasteiger partial charge in [-0.1, -0.05) is 4.33 Å². The van der Waals surface area contributed by atoms with Crippen molar-refractivity contribution in [2.45, 2.75) is 0 Å². The maximum absolute atomic E-state index is 9.08. The van der Waals surface area contributed by atoms with Crippen LogP contribution in [0.2, 0.25) is 0 Å². The van der Waals surface area contributed by atoms with Gasteiger partial charge in [-0.2, -0.15) is 8.42 Å². The van der Waals surface area contributed by atoms with Gasteiger partial charge < -0.3 is 1.43 Å². The molecule has 2 N–H and O–H groups in total. The Morgan fingerprint density at radius 1 is 1.44 bits per heavy atom. The number of hydrogen-bond donors (Lipinski definition) is 2. The molecule has 0 radical (unpaired) electrons. The topological polar surface area (TPSA) is 83.8 Å². The van der Waals surface area contributed by atoms with Crippen LogP contribution in [0.1, 0.15) is 1.43 Å². The SMILES string of the molecule is Cl.O=S(=O)(O)OO.[Fe].[H-].[Na+]. The van der Waals surface area contributed by atoms with E-state index in [-0.39, 0.29) is 60.5 Å². The minimum atomic E-state index is -4.61. The molecule has 0 aliphatic heterocycles. The minimum absolute atomic E-state index is 0. The normalized spacial score (nSPS) is 7.78. The zero-order chi connectivity index (χ0) is 5.21. The van der Waals surface area contributed by atoms with Crippen LogP contribution in [0, 0.1) is 0 Å². The molecule has 9 heteroatoms. The van der Waals surface area contributed by atoms with Crippen molar-refractivity contribution in [2.75, 3.05) is 0 Å². The fourth-order valence-corrected chi connectivity index (χ4v) is 0. The van der Waals surface area contributed by atoms with Crippen molar-refractivity contribution in [3.8, 4) is 0 Å². The van der Waals surface area contributed by atoms with E-state index in [1.807, 2.05) is 0 Å². The van der Waals surface area contributed by atoms with Crippen molar-refractivity contribution in [3.05, 3.63) is 0 Å². The van der Waals surface area contributed by atoms with Crippen molar-refractivity contribution in [1.29, 1.82) is 0 Å². The van der Waals surface area contributed by atoms with Crippen LogP contribution in [-0.4, -0.2) is 18.2 Å². The first-order chi connectivity index (χ1) is 2.56. The van der Waals surface area contributed by atoms with Crippen molar-refractivity contribution in [3.63, 3.8) is 0 Å². The van der Waals surface area contributed by atoms with E-state index in [9.17, 15) is 0 Å². The second-order valence-corrected chi connectivity index (χ2v) is 1.51. The predicted molar refractivity (Wildman–Crippen MR) is 23.6 cm³/mol. The second-order valence-electron chi connectivity index (χ2n) is 0.502. The number of halogens is 1. The van der Waals surface area contributed by atoms with Gasteiger partial charge in [0.25, 0.3) is 0 Å². The molecule has 5 nitrogen and oxygen atoms in total. The molecule has 0 aromatic rings. The maximum Gasteiger partial charge on any atom is 1.00 e. The van der Waals surface area contributed by atoms with Crippen molar-refractivity contribution in [2.24, 2.45) is 0 Å². The molecule has 0 heterocycles. The smallest absolute Gasteiger partial charge is 1.00 e. The summed E-state index contributed by atoms with van der Waals surface area (Å²) in [6.07, 6.45) is 0. The molecule has 0 amide bonds. The zero-order valence-electron chi connectivity index (χ0n) is 5.29. The molecule has 0 bridgehead atoms. The first-order valence-electron chi connectivity index (χ1n) is 0.865. The van der Waals surface area contributed by atoms with E-state index in [0.29, 0.717) is 0 Å². The first-order valence-corrected chi connectivity index (χ1v) is 2.23. The van der Waals surface area contributed by atoms with Crippen LogP contribution in [0.3, 0.4) is 0 Å². The van der Waals surface area contributed by atoms with Crippen LogP contribution in [0.25, 0.3) is 0 Å². The van der Waals surface area contributed by atoms with Gasteiger partial charge in [0.15, 0.2) is 0 Å². The summed E-state index contributed by atoms with van der Waals surface area (Å²) in [5.74, 6) is 0. The minimum Gasteiger partial charge on any atom is -1.00 e. The summed E-state index contributed by atoms with van der Waals surface area (Å²) in [6.45, 7) is 0. The molecule has 0 aliphatic carbocycles. The van der Waals surface area contributed by atoms with Gasteiger partial charge in [-0.15, -0.1) is 12.4 Å². The van der Waals surface area contributed by atoms with Gasteiger partial charge in [0, 0.05) is 17.1 Å². The van der Waals surface area contributed by atoms with E-state index in [2.05, 4.69) is 4.33 Å². The molecule has 0 spiro atoms. The summed E-state index contributed by atoms with van der Waals surface area (Å²) in [4.78, 5) is 0. The van der Waals surface area contributed by atoms with Crippen LogP contribution >= 0.6 is 12.4 Å². The van der Waals surface area contributed by atoms with Gasteiger partial charge in [-0.05, 0) is 0 Å². The maximum atomic E-state index is 9.08. The van der Waals surface area contributed by atoms with Gasteiger partial charge in [0.1, 0.15) is 0 Å². The Morgan fingerprint density at radius 3 is 1.56 bits per heavy atom. The molecule has 0 aromatic carbocycles. The molecule has 0 saturated heterocycles. The fraction of sp³-hybridized carbons (Fsp3) is 0. The largest absolute Gasteiger partial charge is 1.00 e. The summed E-state index contributed by atoms with van der Waals surface area (Å²) in [5.41, 5.74) is 0. The number of rotatable bonds is 1. The third-order valence-corrected chi connectivity index (χ3v) is 0.283. The standard InChI is InChI=1S/ClH.Fe.Na.H2O5S.H/c;;;1-5-6(2,3)4;/h1H;;;1H,(H,2,3,4);/q;;+1;;-1. The van der Waals surface area contributed by atoms with E-state index in [1.165, 1.54) is 0 Å². The van der Waals surface area contributed by atoms with E-state index in [0.717, 1.165) is 0 Å². The third kappa shape index (κ3) is 26.1. The Kier molecular flexibility index (Phi) is 24.0. The van der Waals surface area contributed by atoms with Gasteiger partial charge in [-0.3, -0.25) is 4.55 Å². The monoisotopic (exact) mass is 230 g/mol. The van der Waals surface area contributed by atoms with Gasteiger partial charge in [-0.25, -0.2) is 5.26 Å². The molecule has 0 aromatic heterocycles. The molecule has 0 rings (SSSR count). The van der Waals surface area contributed by atoms with Crippen LogP contribution in [0.15, 0.2) is 0 Å². The Balaban J connectivity index is -0.0000000208. The Morgan fingerprint density at radius 2 is 1.56 bits per heavy atom. The average Bonchev–Trinajstić information content (AvgIpc) is 1.35. The summed E-state index contributed by atoms with van der Waals surface area (Å²) >= 11 is 0. The Hall–Kier alpha value is 1.64. The summed E-state index contributed by atoms with van der Waals surface area (Å²) in [7, 11) is -4.61. The van der Waals surface area contributed by atoms with Gasteiger partial charge in [0.05, 0.1) is 0 Å². The Labute approximate surface area is 92.7 Å². The van der Waals surface area contributed by atoms with Crippen LogP contribution in [0.4, 0.5) is 0 Å². The van der Waals surface area contributed by atoms with Crippen molar-refractivity contribution in [1.82, 2.24) is 0 Å². The van der Waals surface area contributed by atoms with Crippen LogP contribution in [-0.2, 0) is 31.8 Å². The summed E-state index contributed by atoms with van der Waals surface area (Å²) in [5, 5.41) is 7.06. The third-order valence-electron chi connectivity index (χ3n) is 0.0942. The van der Waals surface area contributed by atoms with E-state index >= 15 is 0 Å². The molecule has 0 atom stereocenters. The molecule has 0 fully saturated rings. The quantitative estimate of drug-likeness (QED) is 0.215. The molecular formula is H4ClFeNaO5S. The summed E-state index contributed by atoms with van der Waals surface area (Å²) < 4.78 is 28.0. The molecule has 0 saturated carbocycles. The molecule has 9 heavy (non-hydrogen) atoms. The first kappa shape index (κ1) is 22.4. The van der Waals surface area contributed by atoms with Crippen LogP contribution in [0.5, 0.6) is 0 Å². The second kappa shape index (κ2) is 9.64. The Bertz CT molecular complexity index is 124. The molecule has 0 aliphatic rings. The predicted octanol–water partition coefficient (Wildman–Crippen LogP) is -3.19. The van der Waals surface area contributed by atoms with Crippen molar-refractivity contribution < 1.29 is 70.6 Å². The fourth-order valence-electron chi connectivity index (χ4n) is 0. The van der Waals surface area contributed by atoms with Gasteiger partial charge in [0.2, 0.25) is 0 Å². The molecule has 0 unspecified atom stereocenters. The van der Waals surface area contributed by atoms with E-state index in [1.54, 1.807) is 0 Å². The zero-order valence-corrected chi connectivity index (χ0v) is 9.03.